The average molecular weight is 2090 g/mol. The van der Waals surface area contributed by atoms with Crippen molar-refractivity contribution in [2.45, 2.75) is 244 Å². The summed E-state index contributed by atoms with van der Waals surface area (Å²) in [7, 11) is 2.96. The smallest absolute Gasteiger partial charge is 0.331 e. The van der Waals surface area contributed by atoms with Crippen molar-refractivity contribution in [1.29, 1.82) is 0 Å². The van der Waals surface area contributed by atoms with Crippen molar-refractivity contribution in [3.63, 3.8) is 0 Å². The zero-order valence-electron chi connectivity index (χ0n) is 80.4. The maximum atomic E-state index is 13.4. The van der Waals surface area contributed by atoms with Gasteiger partial charge in [-0.2, -0.15) is 0 Å². The van der Waals surface area contributed by atoms with Crippen LogP contribution in [0.4, 0.5) is 0 Å². The van der Waals surface area contributed by atoms with Gasteiger partial charge in [-0.3, -0.25) is 94.1 Å². The van der Waals surface area contributed by atoms with Crippen LogP contribution in [0, 0.1) is 0 Å². The highest BCUT2D eigenvalue weighted by Crippen LogP contribution is 2.32. The number of Topliss-reactive ketones (excluding diaryl/α,β-unsaturated/α-hetero) is 4. The first kappa shape index (κ1) is 108. The Balaban J connectivity index is 0.000000161. The molecule has 4 fully saturated rings. The van der Waals surface area contributed by atoms with E-state index in [1.165, 1.54) is 68.9 Å². The second-order valence-corrected chi connectivity index (χ2v) is 38.3. The second-order valence-electron chi connectivity index (χ2n) is 35.8. The zero-order chi connectivity index (χ0) is 103. The van der Waals surface area contributed by atoms with Gasteiger partial charge < -0.3 is 40.2 Å². The van der Waals surface area contributed by atoms with Crippen molar-refractivity contribution in [1.82, 2.24) is 57.8 Å². The highest BCUT2D eigenvalue weighted by molar-refractivity contribution is 6.34. The Morgan fingerprint density at radius 1 is 0.292 bits per heavy atom. The number of rotatable bonds is 38. The Morgan fingerprint density at radius 2 is 0.528 bits per heavy atom. The highest BCUT2D eigenvalue weighted by atomic mass is 35.5. The molecule has 0 spiro atoms. The van der Waals surface area contributed by atoms with E-state index in [-0.39, 0.29) is 175 Å². The first-order chi connectivity index (χ1) is 69.3. The average Bonchev–Trinajstić information content (AvgIpc) is 0.800. The van der Waals surface area contributed by atoms with Crippen LogP contribution in [0.2, 0.25) is 30.1 Å². The van der Waals surface area contributed by atoms with Crippen molar-refractivity contribution in [2.75, 3.05) is 27.4 Å². The summed E-state index contributed by atoms with van der Waals surface area (Å²) >= 11 is 37.1. The Bertz CT molecular complexity index is 7340. The van der Waals surface area contributed by atoms with Gasteiger partial charge in [-0.05, 0) is 224 Å². The van der Waals surface area contributed by atoms with E-state index in [1.807, 2.05) is 13.8 Å². The Kier molecular flexibility index (Phi) is 38.7. The van der Waals surface area contributed by atoms with E-state index in [0.717, 1.165) is 121 Å². The summed E-state index contributed by atoms with van der Waals surface area (Å²) in [6, 6.07) is 42.2. The molecule has 38 heteroatoms. The lowest BCUT2D eigenvalue weighted by Gasteiger charge is -2.15. The molecule has 4 aromatic heterocycles. The number of fused-ring (bicyclic) bond motifs is 4. The number of methoxy groups -OCH3 is 2. The van der Waals surface area contributed by atoms with E-state index in [4.69, 9.17) is 88.6 Å². The molecule has 4 heterocycles. The molecule has 32 nitrogen and oxygen atoms in total. The number of nitrogens with zero attached hydrogens (tertiary/aromatic N) is 8. The third-order valence-corrected chi connectivity index (χ3v) is 27.6. The molecule has 760 valence electrons. The molecule has 4 saturated carbocycles. The van der Waals surface area contributed by atoms with Crippen LogP contribution in [-0.2, 0) is 71.5 Å². The van der Waals surface area contributed by atoms with E-state index in [0.29, 0.717) is 132 Å². The molecule has 4 aliphatic rings. The predicted molar refractivity (Wildman–Crippen MR) is 557 cm³/mol. The third-order valence-electron chi connectivity index (χ3n) is 25.9. The maximum Gasteiger partial charge on any atom is 0.331 e. The Morgan fingerprint density at radius 3 is 0.771 bits per heavy atom. The molecular formula is C106H114Cl6N12O20. The van der Waals surface area contributed by atoms with Crippen molar-refractivity contribution in [3.8, 4) is 23.0 Å². The van der Waals surface area contributed by atoms with Gasteiger partial charge in [0.2, 0.25) is 23.6 Å². The number of nitrogens with one attached hydrogen (secondary N) is 4. The topological polar surface area (TPSA) is 398 Å². The molecule has 144 heavy (non-hydrogen) atoms. The molecule has 0 unspecified atom stereocenters. The lowest BCUT2D eigenvalue weighted by Crippen LogP contribution is -2.41. The van der Waals surface area contributed by atoms with Crippen LogP contribution in [0.3, 0.4) is 0 Å². The number of carbonyl (C=O) groups excluding carboxylic acids is 8. The molecule has 4 N–H and O–H groups in total. The lowest BCUT2D eigenvalue weighted by atomic mass is 10.1. The monoisotopic (exact) mass is 2080 g/mol. The van der Waals surface area contributed by atoms with Gasteiger partial charge in [-0.25, -0.2) is 19.2 Å². The number of halogens is 6. The number of hydrogen-bond acceptors (Lipinski definition) is 20. The highest BCUT2D eigenvalue weighted by Gasteiger charge is 2.28. The number of carbonyl (C=O) groups is 8. The van der Waals surface area contributed by atoms with E-state index < -0.39 is 45.0 Å². The number of aromatic nitrogens is 8. The number of hydrogen-bond donors (Lipinski definition) is 4. The summed E-state index contributed by atoms with van der Waals surface area (Å²) in [4.78, 5) is 207. The molecule has 8 aromatic carbocycles. The van der Waals surface area contributed by atoms with Gasteiger partial charge in [0, 0.05) is 108 Å². The standard InChI is InChI=1S/C27H29Cl2N3O5.C27H30ClN3O5.C26H27Cl2N3O5.C26H28ClN3O5/c1-2-37-24-12-9-17(14-21(24)29)23(33)16-32-22-11-10-18(28)15-20(22)26(35)31(27(32)36)13-5-8-25(34)30-19-6-3-4-7-19;1-2-36-24-14-13-18(16-21(24)28)23(32)17-31-22-11-6-5-10-20(22)26(34)30(27(31)35)15-7-12-25(33)29-19-8-3-4-9-19;1-36-23-11-8-16(13-20(23)28)22(32)15-31-21-10-9-17(27)14-19(21)25(34)30(26(31)35)12-4-7-24(33)29-18-5-2-3-6-18;1-35-23-13-12-17(15-20(23)27)22(31)16-30-21-10-5-4-9-19(21)25(33)29(26(30)34)14-6-11-24(32)28-18-7-2-3-8-18/h9-12,14-15,19H,2-8,13,16H2,1H3,(H,30,34);5-6,10-11,13-14,16,19H,2-4,7-9,12,15,17H2,1H3,(H,29,33);8-11,13-14,18H,2-7,12,15H2,1H3,(H,29,33);4-5,9-10,12-13,15,18H,2-3,6-8,11,14,16H2,1H3,(H,28,32). The molecule has 0 saturated heterocycles. The minimum Gasteiger partial charge on any atom is -0.495 e. The van der Waals surface area contributed by atoms with Crippen molar-refractivity contribution in [2.24, 2.45) is 0 Å². The number of para-hydroxylation sites is 2. The van der Waals surface area contributed by atoms with Crippen LogP contribution in [0.25, 0.3) is 43.6 Å². The molecule has 16 rings (SSSR count). The minimum atomic E-state index is -0.626. The summed E-state index contributed by atoms with van der Waals surface area (Å²) in [5.74, 6) is 0.105. The quantitative estimate of drug-likeness (QED) is 0.0261. The van der Waals surface area contributed by atoms with Crippen LogP contribution >= 0.6 is 69.6 Å². The van der Waals surface area contributed by atoms with Crippen LogP contribution in [0.5, 0.6) is 23.0 Å². The van der Waals surface area contributed by atoms with Gasteiger partial charge in [0.15, 0.2) is 23.1 Å². The molecule has 0 radical (unpaired) electrons. The van der Waals surface area contributed by atoms with Crippen molar-refractivity contribution >= 4 is 160 Å². The molecule has 12 aromatic rings. The van der Waals surface area contributed by atoms with Gasteiger partial charge >= 0.3 is 22.8 Å². The number of amides is 4. The summed E-state index contributed by atoms with van der Waals surface area (Å²) in [5.41, 5.74) is -1.65. The normalized spacial score (nSPS) is 13.7. The fourth-order valence-corrected chi connectivity index (χ4v) is 19.8. The Labute approximate surface area is 857 Å². The van der Waals surface area contributed by atoms with E-state index in [2.05, 4.69) is 21.3 Å². The predicted octanol–water partition coefficient (Wildman–Crippen LogP) is 16.3. The molecular weight excluding hydrogens is 1970 g/mol. The van der Waals surface area contributed by atoms with Gasteiger partial charge in [-0.15, -0.1) is 0 Å². The van der Waals surface area contributed by atoms with Gasteiger partial charge in [0.1, 0.15) is 23.0 Å². The summed E-state index contributed by atoms with van der Waals surface area (Å²) < 4.78 is 30.6. The molecule has 4 aliphatic carbocycles. The number of ketones is 4. The summed E-state index contributed by atoms with van der Waals surface area (Å²) in [6.07, 6.45) is 19.0. The molecule has 0 atom stereocenters. The largest absolute Gasteiger partial charge is 0.495 e. The van der Waals surface area contributed by atoms with Gasteiger partial charge in [0.25, 0.3) is 22.2 Å². The number of ether oxygens (including phenoxy) is 4. The van der Waals surface area contributed by atoms with Crippen LogP contribution in [-0.4, -0.2) is 135 Å². The maximum absolute atomic E-state index is 13.4. The Hall–Kier alpha value is -13.0. The van der Waals surface area contributed by atoms with Crippen LogP contribution < -0.4 is 85.2 Å². The minimum absolute atomic E-state index is 0.0424. The van der Waals surface area contributed by atoms with Crippen molar-refractivity contribution < 1.29 is 57.3 Å². The van der Waals surface area contributed by atoms with Gasteiger partial charge in [-0.1, -0.05) is 145 Å². The SMILES string of the molecule is CCOc1ccc(C(=O)Cn2c(=O)n(CCCC(=O)NC3CCCC3)c(=O)c3cc(Cl)ccc32)cc1Cl.CCOc1ccc(C(=O)Cn2c(=O)n(CCCC(=O)NC3CCCC3)c(=O)c3ccccc32)cc1Cl.COc1ccc(C(=O)Cn2c(=O)n(CCCC(=O)NC3CCCC3)c(=O)c3cc(Cl)ccc32)cc1Cl.COc1ccc(C(=O)Cn2c(=O)n(CCCC(=O)NC3CCCC3)c(=O)c3ccccc32)cc1Cl. The number of benzene rings is 8. The zero-order valence-corrected chi connectivity index (χ0v) is 84.9. The fraction of sp³-hybridized carbons (Fsp3) is 0.396. The first-order valence-electron chi connectivity index (χ1n) is 48.5. The van der Waals surface area contributed by atoms with Crippen molar-refractivity contribution in [3.05, 3.63) is 293 Å². The molecule has 4 amide bonds. The lowest BCUT2D eigenvalue weighted by molar-refractivity contribution is -0.122. The van der Waals surface area contributed by atoms with Crippen LogP contribution in [0.1, 0.15) is 209 Å². The summed E-state index contributed by atoms with van der Waals surface area (Å²) in [5, 5.41) is 15.0. The van der Waals surface area contributed by atoms with E-state index in [9.17, 15) is 76.7 Å². The summed E-state index contributed by atoms with van der Waals surface area (Å²) in [6.45, 7) is 3.68. The van der Waals surface area contributed by atoms with Gasteiger partial charge in [0.05, 0.1) is 117 Å². The van der Waals surface area contributed by atoms with E-state index in [1.54, 1.807) is 121 Å². The first-order valence-corrected chi connectivity index (χ1v) is 50.7. The fourth-order valence-electron chi connectivity index (χ4n) is 18.5. The molecule has 0 aliphatic heterocycles. The van der Waals surface area contributed by atoms with E-state index >= 15 is 0 Å². The molecule has 0 bridgehead atoms. The third kappa shape index (κ3) is 27.6. The van der Waals surface area contributed by atoms with Crippen LogP contribution in [0.15, 0.2) is 196 Å². The second kappa shape index (κ2) is 51.5.